The number of amides is 2. The Hall–Kier alpha value is -2.03. The third-order valence-corrected chi connectivity index (χ3v) is 1.57. The molecule has 82 valence electrons. The first-order valence-corrected chi connectivity index (χ1v) is 4.13. The highest BCUT2D eigenvalue weighted by atomic mass is 16.2. The molecule has 9 heteroatoms. The van der Waals surface area contributed by atoms with Crippen molar-refractivity contribution < 1.29 is 9.59 Å². The Balaban J connectivity index is 2.32. The van der Waals surface area contributed by atoms with Crippen LogP contribution in [0.1, 0.15) is 12.2 Å². The van der Waals surface area contributed by atoms with Crippen molar-refractivity contribution in [2.75, 3.05) is 0 Å². The van der Waals surface area contributed by atoms with Crippen molar-refractivity contribution in [2.45, 2.75) is 19.0 Å². The molecule has 0 saturated heterocycles. The van der Waals surface area contributed by atoms with Crippen LogP contribution in [-0.4, -0.2) is 38.5 Å². The Bertz CT molecular complexity index is 335. The van der Waals surface area contributed by atoms with Crippen LogP contribution in [0.3, 0.4) is 0 Å². The number of aromatic nitrogens is 4. The number of carbonyl (C=O) groups excluding carboxylic acids is 2. The van der Waals surface area contributed by atoms with Crippen molar-refractivity contribution in [3.05, 3.63) is 5.82 Å². The largest absolute Gasteiger partial charge is 0.370 e. The Morgan fingerprint density at radius 2 is 2.27 bits per heavy atom. The fourth-order valence-corrected chi connectivity index (χ4v) is 0.864. The molecule has 1 heterocycles. The van der Waals surface area contributed by atoms with Crippen LogP contribution in [0.4, 0.5) is 0 Å². The second-order valence-electron chi connectivity index (χ2n) is 2.82. The number of hydrogen-bond acceptors (Lipinski definition) is 6. The summed E-state index contributed by atoms with van der Waals surface area (Å²) in [6.07, 6.45) is -0.196. The summed E-state index contributed by atoms with van der Waals surface area (Å²) in [7, 11) is 0. The van der Waals surface area contributed by atoms with Crippen LogP contribution < -0.4 is 16.8 Å². The molecule has 1 aromatic rings. The Labute approximate surface area is 84.6 Å². The zero-order valence-corrected chi connectivity index (χ0v) is 7.80. The van der Waals surface area contributed by atoms with Crippen molar-refractivity contribution in [1.82, 2.24) is 25.9 Å². The molecular weight excluding hydrogens is 202 g/mol. The summed E-state index contributed by atoms with van der Waals surface area (Å²) in [6.45, 7) is 0.0990. The van der Waals surface area contributed by atoms with Gasteiger partial charge in [-0.1, -0.05) is 5.21 Å². The van der Waals surface area contributed by atoms with Gasteiger partial charge in [-0.25, -0.2) is 0 Å². The number of aromatic amines is 1. The van der Waals surface area contributed by atoms with Gasteiger partial charge in [-0.05, 0) is 0 Å². The molecule has 0 bridgehead atoms. The zero-order chi connectivity index (χ0) is 11.3. The molecule has 9 nitrogen and oxygen atoms in total. The SMILES string of the molecule is NC(=O)CC(N)C(=O)NCc1nn[nH]n1. The number of nitrogens with zero attached hydrogens (tertiary/aromatic N) is 3. The van der Waals surface area contributed by atoms with Crippen LogP contribution in [0, 0.1) is 0 Å². The van der Waals surface area contributed by atoms with Gasteiger partial charge in [0.25, 0.3) is 0 Å². The Kier molecular flexibility index (Phi) is 3.68. The second-order valence-corrected chi connectivity index (χ2v) is 2.82. The first kappa shape index (κ1) is 11.0. The lowest BCUT2D eigenvalue weighted by Crippen LogP contribution is -2.42. The summed E-state index contributed by atoms with van der Waals surface area (Å²) in [5.41, 5.74) is 10.3. The lowest BCUT2D eigenvalue weighted by molar-refractivity contribution is -0.126. The van der Waals surface area contributed by atoms with E-state index in [1.54, 1.807) is 0 Å². The third kappa shape index (κ3) is 3.68. The molecule has 0 spiro atoms. The van der Waals surface area contributed by atoms with E-state index in [0.29, 0.717) is 5.82 Å². The molecule has 0 saturated carbocycles. The van der Waals surface area contributed by atoms with E-state index in [9.17, 15) is 9.59 Å². The summed E-state index contributed by atoms with van der Waals surface area (Å²) in [4.78, 5) is 21.7. The molecule has 0 fully saturated rings. The maximum absolute atomic E-state index is 11.2. The standard InChI is InChI=1S/C6H11N7O2/c7-3(1-4(8)14)6(15)9-2-5-10-12-13-11-5/h3H,1-2,7H2,(H2,8,14)(H,9,15)(H,10,11,12,13). The molecule has 1 unspecified atom stereocenters. The zero-order valence-electron chi connectivity index (χ0n) is 7.80. The normalized spacial score (nSPS) is 12.1. The van der Waals surface area contributed by atoms with Crippen molar-refractivity contribution >= 4 is 11.8 Å². The average molecular weight is 213 g/mol. The number of rotatable bonds is 5. The fraction of sp³-hybridized carbons (Fsp3) is 0.500. The van der Waals surface area contributed by atoms with Crippen LogP contribution in [-0.2, 0) is 16.1 Å². The van der Waals surface area contributed by atoms with Gasteiger partial charge in [0.1, 0.15) is 0 Å². The number of H-pyrrole nitrogens is 1. The molecular formula is C6H11N7O2. The predicted octanol–water partition coefficient (Wildman–Crippen LogP) is -2.98. The quantitative estimate of drug-likeness (QED) is 0.409. The van der Waals surface area contributed by atoms with Gasteiger partial charge < -0.3 is 16.8 Å². The van der Waals surface area contributed by atoms with Crippen LogP contribution in [0.15, 0.2) is 0 Å². The minimum Gasteiger partial charge on any atom is -0.370 e. The monoisotopic (exact) mass is 213 g/mol. The maximum atomic E-state index is 11.2. The van der Waals surface area contributed by atoms with E-state index >= 15 is 0 Å². The van der Waals surface area contributed by atoms with Crippen molar-refractivity contribution in [3.8, 4) is 0 Å². The number of hydrogen-bond donors (Lipinski definition) is 4. The summed E-state index contributed by atoms with van der Waals surface area (Å²) < 4.78 is 0. The van der Waals surface area contributed by atoms with Gasteiger partial charge in [0.15, 0.2) is 5.82 Å². The molecule has 0 aliphatic carbocycles. The van der Waals surface area contributed by atoms with E-state index in [4.69, 9.17) is 11.5 Å². The fourth-order valence-electron chi connectivity index (χ4n) is 0.864. The number of carbonyl (C=O) groups is 2. The first-order valence-electron chi connectivity index (χ1n) is 4.13. The van der Waals surface area contributed by atoms with Crippen molar-refractivity contribution in [1.29, 1.82) is 0 Å². The third-order valence-electron chi connectivity index (χ3n) is 1.57. The summed E-state index contributed by atoms with van der Waals surface area (Å²) in [6, 6.07) is -0.950. The van der Waals surface area contributed by atoms with Gasteiger partial charge >= 0.3 is 0 Å². The van der Waals surface area contributed by atoms with Crippen LogP contribution in [0.2, 0.25) is 0 Å². The molecule has 1 rings (SSSR count). The van der Waals surface area contributed by atoms with E-state index in [1.807, 2.05) is 0 Å². The number of nitrogens with two attached hydrogens (primary N) is 2. The van der Waals surface area contributed by atoms with Crippen LogP contribution in [0.5, 0.6) is 0 Å². The van der Waals surface area contributed by atoms with Crippen LogP contribution >= 0.6 is 0 Å². The number of primary amides is 1. The lowest BCUT2D eigenvalue weighted by Gasteiger charge is -2.08. The molecule has 2 amide bonds. The molecule has 0 aliphatic rings. The van der Waals surface area contributed by atoms with Crippen molar-refractivity contribution in [2.24, 2.45) is 11.5 Å². The summed E-state index contributed by atoms with van der Waals surface area (Å²) in [5, 5.41) is 15.2. The molecule has 6 N–H and O–H groups in total. The van der Waals surface area contributed by atoms with Gasteiger partial charge in [-0.15, -0.1) is 10.2 Å². The van der Waals surface area contributed by atoms with Gasteiger partial charge in [-0.3, -0.25) is 9.59 Å². The number of nitrogens with one attached hydrogen (secondary N) is 2. The minimum atomic E-state index is -0.950. The summed E-state index contributed by atoms with van der Waals surface area (Å²) >= 11 is 0. The highest BCUT2D eigenvalue weighted by molar-refractivity contribution is 5.87. The predicted molar refractivity (Wildman–Crippen MR) is 47.8 cm³/mol. The Morgan fingerprint density at radius 1 is 1.53 bits per heavy atom. The van der Waals surface area contributed by atoms with E-state index in [2.05, 4.69) is 25.9 Å². The molecule has 1 aromatic heterocycles. The maximum Gasteiger partial charge on any atom is 0.237 e. The molecule has 1 atom stereocenters. The second kappa shape index (κ2) is 5.00. The highest BCUT2D eigenvalue weighted by Gasteiger charge is 2.15. The molecule has 15 heavy (non-hydrogen) atoms. The topological polar surface area (TPSA) is 153 Å². The lowest BCUT2D eigenvalue weighted by atomic mass is 10.2. The van der Waals surface area contributed by atoms with Gasteiger partial charge in [-0.2, -0.15) is 5.21 Å². The Morgan fingerprint density at radius 3 is 2.80 bits per heavy atom. The smallest absolute Gasteiger partial charge is 0.237 e. The van der Waals surface area contributed by atoms with E-state index in [-0.39, 0.29) is 13.0 Å². The van der Waals surface area contributed by atoms with Gasteiger partial charge in [0, 0.05) is 0 Å². The van der Waals surface area contributed by atoms with Crippen LogP contribution in [0.25, 0.3) is 0 Å². The van der Waals surface area contributed by atoms with E-state index < -0.39 is 17.9 Å². The van der Waals surface area contributed by atoms with Crippen molar-refractivity contribution in [3.63, 3.8) is 0 Å². The highest BCUT2D eigenvalue weighted by Crippen LogP contribution is 1.88. The molecule has 0 radical (unpaired) electrons. The summed E-state index contributed by atoms with van der Waals surface area (Å²) in [5.74, 6) is -0.787. The first-order chi connectivity index (χ1) is 7.09. The van der Waals surface area contributed by atoms with Gasteiger partial charge in [0.2, 0.25) is 11.8 Å². The average Bonchev–Trinajstić information content (AvgIpc) is 2.65. The molecule has 0 aromatic carbocycles. The molecule has 0 aliphatic heterocycles. The van der Waals surface area contributed by atoms with E-state index in [0.717, 1.165) is 0 Å². The number of tetrazole rings is 1. The van der Waals surface area contributed by atoms with E-state index in [1.165, 1.54) is 0 Å². The van der Waals surface area contributed by atoms with Gasteiger partial charge in [0.05, 0.1) is 19.0 Å². The minimum absolute atomic E-state index is 0.0990.